The summed E-state index contributed by atoms with van der Waals surface area (Å²) >= 11 is 0. The zero-order valence-corrected chi connectivity index (χ0v) is 15.1. The van der Waals surface area contributed by atoms with E-state index in [1.165, 1.54) is 12.1 Å². The number of H-pyrrole nitrogens is 1. The van der Waals surface area contributed by atoms with Gasteiger partial charge in [0.05, 0.1) is 10.4 Å². The van der Waals surface area contributed by atoms with Crippen molar-refractivity contribution < 1.29 is 9.72 Å². The number of carbonyl (C=O) groups excluding carboxylic acids is 1. The van der Waals surface area contributed by atoms with Crippen LogP contribution in [-0.2, 0) is 0 Å². The second kappa shape index (κ2) is 8.60. The number of fused-ring (bicyclic) bond motifs is 1. The third-order valence-corrected chi connectivity index (χ3v) is 4.46. The number of benzene rings is 1. The van der Waals surface area contributed by atoms with E-state index >= 15 is 0 Å². The summed E-state index contributed by atoms with van der Waals surface area (Å²) in [5.41, 5.74) is 0.853. The summed E-state index contributed by atoms with van der Waals surface area (Å²) in [4.78, 5) is 25.5. The number of nitro benzene ring substituents is 1. The molecule has 1 aromatic carbocycles. The van der Waals surface area contributed by atoms with Crippen molar-refractivity contribution in [2.75, 3.05) is 6.54 Å². The van der Waals surface area contributed by atoms with Crippen molar-refractivity contribution in [3.05, 3.63) is 34.0 Å². The minimum absolute atomic E-state index is 0.0397. The molecule has 1 aromatic heterocycles. The molecule has 1 amide bonds. The van der Waals surface area contributed by atoms with Gasteiger partial charge < -0.3 is 4.90 Å². The van der Waals surface area contributed by atoms with E-state index in [4.69, 9.17) is 0 Å². The molecule has 0 aliphatic rings. The smallest absolute Gasteiger partial charge is 0.275 e. The summed E-state index contributed by atoms with van der Waals surface area (Å²) in [5, 5.41) is 18.5. The van der Waals surface area contributed by atoms with Crippen molar-refractivity contribution in [1.82, 2.24) is 15.1 Å². The van der Waals surface area contributed by atoms with E-state index in [9.17, 15) is 14.9 Å². The fraction of sp³-hybridized carbons (Fsp3) is 0.556. The molecule has 2 aromatic rings. The number of aromatic amines is 1. The molecule has 25 heavy (non-hydrogen) atoms. The Labute approximate surface area is 147 Å². The average Bonchev–Trinajstić information content (AvgIpc) is 3.01. The van der Waals surface area contributed by atoms with E-state index in [0.29, 0.717) is 17.4 Å². The Bertz CT molecular complexity index is 741. The van der Waals surface area contributed by atoms with Gasteiger partial charge in [-0.25, -0.2) is 0 Å². The van der Waals surface area contributed by atoms with Gasteiger partial charge in [0, 0.05) is 30.1 Å². The topological polar surface area (TPSA) is 92.1 Å². The van der Waals surface area contributed by atoms with E-state index in [-0.39, 0.29) is 23.3 Å². The SMILES string of the molecule is CCCCCN(C(=O)c1n[nH]c2ccc([N+](=O)[O-])cc12)C(C)CCC. The monoisotopic (exact) mass is 346 g/mol. The predicted octanol–water partition coefficient (Wildman–Crippen LogP) is 4.29. The zero-order valence-electron chi connectivity index (χ0n) is 15.1. The Hall–Kier alpha value is -2.44. The molecule has 0 saturated carbocycles. The number of hydrogen-bond donors (Lipinski definition) is 1. The zero-order chi connectivity index (χ0) is 18.4. The normalized spacial score (nSPS) is 12.3. The first kappa shape index (κ1) is 18.9. The lowest BCUT2D eigenvalue weighted by Gasteiger charge is -2.28. The number of non-ortho nitro benzene ring substituents is 1. The van der Waals surface area contributed by atoms with Crippen LogP contribution in [0, 0.1) is 10.1 Å². The number of amides is 1. The van der Waals surface area contributed by atoms with E-state index in [1.54, 1.807) is 6.07 Å². The van der Waals surface area contributed by atoms with Gasteiger partial charge in [0.1, 0.15) is 0 Å². The highest BCUT2D eigenvalue weighted by Crippen LogP contribution is 2.24. The van der Waals surface area contributed by atoms with Crippen molar-refractivity contribution in [3.63, 3.8) is 0 Å². The van der Waals surface area contributed by atoms with Gasteiger partial charge in [0.25, 0.3) is 11.6 Å². The summed E-state index contributed by atoms with van der Waals surface area (Å²) in [7, 11) is 0. The molecule has 1 heterocycles. The quantitative estimate of drug-likeness (QED) is 0.416. The molecule has 0 radical (unpaired) electrons. The standard InChI is InChI=1S/C18H26N4O3/c1-4-6-7-11-21(13(3)8-5-2)18(23)17-15-12-14(22(24)25)9-10-16(15)19-20-17/h9-10,12-13H,4-8,11H2,1-3H3,(H,19,20). The maximum atomic E-state index is 13.1. The molecular weight excluding hydrogens is 320 g/mol. The van der Waals surface area contributed by atoms with Gasteiger partial charge in [-0.3, -0.25) is 20.0 Å². The molecule has 0 fully saturated rings. The number of nitro groups is 1. The van der Waals surface area contributed by atoms with Crippen molar-refractivity contribution in [2.45, 2.75) is 58.9 Å². The predicted molar refractivity (Wildman–Crippen MR) is 97.7 cm³/mol. The van der Waals surface area contributed by atoms with E-state index < -0.39 is 4.92 Å². The van der Waals surface area contributed by atoms with Crippen LogP contribution >= 0.6 is 0 Å². The van der Waals surface area contributed by atoms with Gasteiger partial charge in [-0.2, -0.15) is 5.10 Å². The van der Waals surface area contributed by atoms with Gasteiger partial charge in [-0.15, -0.1) is 0 Å². The van der Waals surface area contributed by atoms with Crippen molar-refractivity contribution >= 4 is 22.5 Å². The van der Waals surface area contributed by atoms with Crippen LogP contribution in [0.2, 0.25) is 0 Å². The van der Waals surface area contributed by atoms with Gasteiger partial charge in [0.2, 0.25) is 0 Å². The highest BCUT2D eigenvalue weighted by atomic mass is 16.6. The first-order valence-corrected chi connectivity index (χ1v) is 8.93. The Morgan fingerprint density at radius 3 is 2.72 bits per heavy atom. The summed E-state index contributed by atoms with van der Waals surface area (Å²) in [6, 6.07) is 4.53. The molecular formula is C18H26N4O3. The summed E-state index contributed by atoms with van der Waals surface area (Å²) < 4.78 is 0. The van der Waals surface area contributed by atoms with Gasteiger partial charge >= 0.3 is 0 Å². The first-order valence-electron chi connectivity index (χ1n) is 8.93. The van der Waals surface area contributed by atoms with Crippen LogP contribution < -0.4 is 0 Å². The third kappa shape index (κ3) is 4.35. The van der Waals surface area contributed by atoms with Crippen LogP contribution in [-0.4, -0.2) is 38.5 Å². The van der Waals surface area contributed by atoms with Crippen LogP contribution in [0.3, 0.4) is 0 Å². The molecule has 7 nitrogen and oxygen atoms in total. The molecule has 0 aliphatic heterocycles. The minimum atomic E-state index is -0.459. The van der Waals surface area contributed by atoms with Gasteiger partial charge in [-0.05, 0) is 25.8 Å². The fourth-order valence-electron chi connectivity index (χ4n) is 3.04. The first-order chi connectivity index (χ1) is 12.0. The number of carbonyl (C=O) groups is 1. The molecule has 1 unspecified atom stereocenters. The Balaban J connectivity index is 2.35. The lowest BCUT2D eigenvalue weighted by atomic mass is 10.1. The second-order valence-electron chi connectivity index (χ2n) is 6.40. The molecule has 0 saturated heterocycles. The van der Waals surface area contributed by atoms with E-state index in [1.807, 2.05) is 11.8 Å². The van der Waals surface area contributed by atoms with Gasteiger partial charge in [0.15, 0.2) is 5.69 Å². The third-order valence-electron chi connectivity index (χ3n) is 4.46. The number of hydrogen-bond acceptors (Lipinski definition) is 4. The van der Waals surface area contributed by atoms with Crippen molar-refractivity contribution in [2.24, 2.45) is 0 Å². The maximum Gasteiger partial charge on any atom is 0.275 e. The second-order valence-corrected chi connectivity index (χ2v) is 6.40. The van der Waals surface area contributed by atoms with Crippen molar-refractivity contribution in [1.29, 1.82) is 0 Å². The minimum Gasteiger partial charge on any atom is -0.335 e. The lowest BCUT2D eigenvalue weighted by Crippen LogP contribution is -2.39. The molecule has 2 rings (SSSR count). The molecule has 136 valence electrons. The number of aromatic nitrogens is 2. The highest BCUT2D eigenvalue weighted by Gasteiger charge is 2.25. The van der Waals surface area contributed by atoms with Crippen LogP contribution in [0.15, 0.2) is 18.2 Å². The largest absolute Gasteiger partial charge is 0.335 e. The number of nitrogens with zero attached hydrogens (tertiary/aromatic N) is 3. The van der Waals surface area contributed by atoms with Crippen LogP contribution in [0.25, 0.3) is 10.9 Å². The molecule has 7 heteroatoms. The lowest BCUT2D eigenvalue weighted by molar-refractivity contribution is -0.384. The molecule has 0 bridgehead atoms. The Kier molecular flexibility index (Phi) is 6.50. The summed E-state index contributed by atoms with van der Waals surface area (Å²) in [6.07, 6.45) is 5.00. The van der Waals surface area contributed by atoms with Crippen molar-refractivity contribution in [3.8, 4) is 0 Å². The highest BCUT2D eigenvalue weighted by molar-refractivity contribution is 6.05. The number of nitrogens with one attached hydrogen (secondary N) is 1. The summed E-state index contributed by atoms with van der Waals surface area (Å²) in [5.74, 6) is -0.163. The number of unbranched alkanes of at least 4 members (excludes halogenated alkanes) is 2. The Morgan fingerprint density at radius 2 is 2.08 bits per heavy atom. The molecule has 1 atom stereocenters. The summed E-state index contributed by atoms with van der Waals surface area (Å²) in [6.45, 7) is 6.95. The van der Waals surface area contributed by atoms with E-state index in [2.05, 4.69) is 24.0 Å². The van der Waals surface area contributed by atoms with Gasteiger partial charge in [-0.1, -0.05) is 33.1 Å². The van der Waals surface area contributed by atoms with Crippen LogP contribution in [0.5, 0.6) is 0 Å². The molecule has 1 N–H and O–H groups in total. The molecule has 0 aliphatic carbocycles. The number of rotatable bonds is 9. The van der Waals surface area contributed by atoms with Crippen LogP contribution in [0.4, 0.5) is 5.69 Å². The maximum absolute atomic E-state index is 13.1. The Morgan fingerprint density at radius 1 is 1.32 bits per heavy atom. The average molecular weight is 346 g/mol. The molecule has 0 spiro atoms. The van der Waals surface area contributed by atoms with E-state index in [0.717, 1.165) is 32.1 Å². The fourth-order valence-corrected chi connectivity index (χ4v) is 3.04. The van der Waals surface area contributed by atoms with Crippen LogP contribution in [0.1, 0.15) is 63.4 Å².